The molecule has 4 nitrogen and oxygen atoms in total. The third-order valence-corrected chi connectivity index (χ3v) is 4.26. The summed E-state index contributed by atoms with van der Waals surface area (Å²) in [7, 11) is 0. The van der Waals surface area contributed by atoms with E-state index in [-0.39, 0.29) is 5.91 Å². The van der Waals surface area contributed by atoms with Crippen LogP contribution in [0.5, 0.6) is 0 Å². The van der Waals surface area contributed by atoms with Crippen molar-refractivity contribution >= 4 is 34.0 Å². The van der Waals surface area contributed by atoms with E-state index in [1.54, 1.807) is 24.3 Å². The molecule has 0 radical (unpaired) electrons. The van der Waals surface area contributed by atoms with Gasteiger partial charge in [-0.25, -0.2) is 4.98 Å². The summed E-state index contributed by atoms with van der Waals surface area (Å²) in [4.78, 5) is 16.5. The molecule has 0 saturated carbocycles. The van der Waals surface area contributed by atoms with Gasteiger partial charge < -0.3 is 5.32 Å². The third kappa shape index (κ3) is 3.00. The topological polar surface area (TPSA) is 54.0 Å². The van der Waals surface area contributed by atoms with Gasteiger partial charge >= 0.3 is 0 Å². The highest BCUT2D eigenvalue weighted by molar-refractivity contribution is 7.14. The first-order valence-electron chi connectivity index (χ1n) is 6.48. The fourth-order valence-electron chi connectivity index (χ4n) is 2.24. The number of hydrogen-bond acceptors (Lipinski definition) is 4. The van der Waals surface area contributed by atoms with Gasteiger partial charge in [0.25, 0.3) is 5.91 Å². The zero-order valence-corrected chi connectivity index (χ0v) is 12.3. The minimum atomic E-state index is -0.187. The van der Waals surface area contributed by atoms with Gasteiger partial charge in [0.2, 0.25) is 0 Å². The maximum Gasteiger partial charge on any atom is 0.257 e. The van der Waals surface area contributed by atoms with Crippen LogP contribution in [-0.4, -0.2) is 17.4 Å². The van der Waals surface area contributed by atoms with Crippen LogP contribution in [0.4, 0.5) is 5.13 Å². The van der Waals surface area contributed by atoms with Crippen LogP contribution in [0.15, 0.2) is 29.6 Å². The first-order chi connectivity index (χ1) is 9.72. The second-order valence-corrected chi connectivity index (χ2v) is 5.99. The predicted octanol–water partition coefficient (Wildman–Crippen LogP) is 3.47. The zero-order chi connectivity index (χ0) is 13.9. The normalized spacial score (nSPS) is 18.1. The second-order valence-electron chi connectivity index (χ2n) is 4.69. The quantitative estimate of drug-likeness (QED) is 0.913. The Hall–Kier alpha value is -1.43. The Morgan fingerprint density at radius 3 is 3.15 bits per heavy atom. The summed E-state index contributed by atoms with van der Waals surface area (Å²) in [6.45, 7) is 1.03. The number of thiazole rings is 1. The highest BCUT2D eigenvalue weighted by atomic mass is 35.5. The van der Waals surface area contributed by atoms with Gasteiger partial charge in [0.15, 0.2) is 5.13 Å². The molecule has 1 aromatic heterocycles. The molecule has 0 aliphatic carbocycles. The Bertz CT molecular complexity index is 622. The number of aromatic nitrogens is 1. The summed E-state index contributed by atoms with van der Waals surface area (Å²) in [6.07, 6.45) is 2.28. The fraction of sp³-hybridized carbons (Fsp3) is 0.286. The van der Waals surface area contributed by atoms with E-state index in [4.69, 9.17) is 11.6 Å². The maximum atomic E-state index is 12.1. The minimum Gasteiger partial charge on any atom is -0.309 e. The fourth-order valence-corrected chi connectivity index (χ4v) is 3.19. The van der Waals surface area contributed by atoms with Crippen molar-refractivity contribution in [2.45, 2.75) is 18.9 Å². The van der Waals surface area contributed by atoms with Crippen molar-refractivity contribution < 1.29 is 4.79 Å². The van der Waals surface area contributed by atoms with Gasteiger partial charge in [-0.3, -0.25) is 10.1 Å². The molecule has 2 aromatic rings. The van der Waals surface area contributed by atoms with Crippen LogP contribution in [0.2, 0.25) is 5.02 Å². The molecule has 0 spiro atoms. The molecule has 20 heavy (non-hydrogen) atoms. The molecule has 1 aliphatic heterocycles. The molecule has 6 heteroatoms. The van der Waals surface area contributed by atoms with Crippen LogP contribution in [-0.2, 0) is 0 Å². The molecule has 1 atom stereocenters. The number of nitrogens with one attached hydrogen (secondary N) is 2. The molecular formula is C14H14ClN3OS. The Kier molecular flexibility index (Phi) is 4.00. The van der Waals surface area contributed by atoms with Gasteiger partial charge in [-0.15, -0.1) is 11.3 Å². The average Bonchev–Trinajstić information content (AvgIpc) is 3.08. The third-order valence-electron chi connectivity index (χ3n) is 3.25. The SMILES string of the molecule is O=C(Nc1nc([C@H]2CCCN2)cs1)c1cccc(Cl)c1. The van der Waals surface area contributed by atoms with E-state index in [0.717, 1.165) is 18.7 Å². The summed E-state index contributed by atoms with van der Waals surface area (Å²) in [5, 5.41) is 9.37. The van der Waals surface area contributed by atoms with Gasteiger partial charge in [-0.2, -0.15) is 0 Å². The van der Waals surface area contributed by atoms with Crippen LogP contribution in [0, 0.1) is 0 Å². The van der Waals surface area contributed by atoms with Gasteiger partial charge in [-0.05, 0) is 37.6 Å². The number of carbonyl (C=O) groups excluding carboxylic acids is 1. The molecule has 3 rings (SSSR count). The molecule has 2 heterocycles. The van der Waals surface area contributed by atoms with Crippen LogP contribution in [0.3, 0.4) is 0 Å². The van der Waals surface area contributed by atoms with Gasteiger partial charge in [0.05, 0.1) is 11.7 Å². The van der Waals surface area contributed by atoms with Crippen molar-refractivity contribution in [3.63, 3.8) is 0 Å². The first-order valence-corrected chi connectivity index (χ1v) is 7.74. The summed E-state index contributed by atoms with van der Waals surface area (Å²) >= 11 is 7.33. The molecule has 1 saturated heterocycles. The highest BCUT2D eigenvalue weighted by Crippen LogP contribution is 2.26. The van der Waals surface area contributed by atoms with Crippen LogP contribution in [0.1, 0.15) is 34.9 Å². The maximum absolute atomic E-state index is 12.1. The van der Waals surface area contributed by atoms with E-state index < -0.39 is 0 Å². The number of nitrogens with zero attached hydrogens (tertiary/aromatic N) is 1. The largest absolute Gasteiger partial charge is 0.309 e. The summed E-state index contributed by atoms with van der Waals surface area (Å²) in [5.41, 5.74) is 1.54. The van der Waals surface area contributed by atoms with Gasteiger partial charge in [0.1, 0.15) is 0 Å². The van der Waals surface area contributed by atoms with Crippen molar-refractivity contribution in [1.29, 1.82) is 0 Å². The van der Waals surface area contributed by atoms with Crippen LogP contribution in [0.25, 0.3) is 0 Å². The number of amides is 1. The van der Waals surface area contributed by atoms with Crippen molar-refractivity contribution in [3.8, 4) is 0 Å². The summed E-state index contributed by atoms with van der Waals surface area (Å²) in [6, 6.07) is 7.19. The number of rotatable bonds is 3. The standard InChI is InChI=1S/C14H14ClN3OS/c15-10-4-1-3-9(7-10)13(19)18-14-17-12(8-20-14)11-5-2-6-16-11/h1,3-4,7-8,11,16H,2,5-6H2,(H,17,18,19)/t11-/m1/s1. The van der Waals surface area contributed by atoms with E-state index in [0.29, 0.717) is 21.8 Å². The summed E-state index contributed by atoms with van der Waals surface area (Å²) in [5.74, 6) is -0.187. The van der Waals surface area contributed by atoms with Gasteiger partial charge in [0, 0.05) is 16.0 Å². The molecule has 104 valence electrons. The lowest BCUT2D eigenvalue weighted by Gasteiger charge is -2.05. The molecule has 0 unspecified atom stereocenters. The Morgan fingerprint density at radius 1 is 1.50 bits per heavy atom. The lowest BCUT2D eigenvalue weighted by Crippen LogP contribution is -2.14. The molecule has 1 amide bonds. The molecule has 1 aliphatic rings. The first kappa shape index (κ1) is 13.5. The van der Waals surface area contributed by atoms with E-state index in [1.165, 1.54) is 17.8 Å². The zero-order valence-electron chi connectivity index (χ0n) is 10.7. The van der Waals surface area contributed by atoms with E-state index in [9.17, 15) is 4.79 Å². The van der Waals surface area contributed by atoms with Crippen molar-refractivity contribution in [2.75, 3.05) is 11.9 Å². The monoisotopic (exact) mass is 307 g/mol. The van der Waals surface area contributed by atoms with Crippen molar-refractivity contribution in [1.82, 2.24) is 10.3 Å². The Morgan fingerprint density at radius 2 is 2.40 bits per heavy atom. The van der Waals surface area contributed by atoms with E-state index in [2.05, 4.69) is 15.6 Å². The molecule has 2 N–H and O–H groups in total. The smallest absolute Gasteiger partial charge is 0.257 e. The molecular weight excluding hydrogens is 294 g/mol. The molecule has 1 fully saturated rings. The van der Waals surface area contributed by atoms with Crippen LogP contribution < -0.4 is 10.6 Å². The Balaban J connectivity index is 1.70. The Labute approximate surface area is 126 Å². The number of benzene rings is 1. The number of carbonyl (C=O) groups is 1. The van der Waals surface area contributed by atoms with Crippen molar-refractivity contribution in [3.05, 3.63) is 45.9 Å². The molecule has 0 bridgehead atoms. The van der Waals surface area contributed by atoms with E-state index in [1.807, 2.05) is 5.38 Å². The van der Waals surface area contributed by atoms with E-state index >= 15 is 0 Å². The van der Waals surface area contributed by atoms with Gasteiger partial charge in [-0.1, -0.05) is 17.7 Å². The number of halogens is 1. The van der Waals surface area contributed by atoms with Crippen LogP contribution >= 0.6 is 22.9 Å². The average molecular weight is 308 g/mol. The molecule has 1 aromatic carbocycles. The predicted molar refractivity (Wildman–Crippen MR) is 81.5 cm³/mol. The lowest BCUT2D eigenvalue weighted by atomic mass is 10.2. The summed E-state index contributed by atoms with van der Waals surface area (Å²) < 4.78 is 0. The second kappa shape index (κ2) is 5.91. The minimum absolute atomic E-state index is 0.187. The number of hydrogen-bond donors (Lipinski definition) is 2. The lowest BCUT2D eigenvalue weighted by molar-refractivity contribution is 0.102. The number of anilines is 1. The highest BCUT2D eigenvalue weighted by Gasteiger charge is 2.19. The van der Waals surface area contributed by atoms with Crippen molar-refractivity contribution in [2.24, 2.45) is 0 Å².